The van der Waals surface area contributed by atoms with Crippen LogP contribution in [-0.4, -0.2) is 60.0 Å². The first-order chi connectivity index (χ1) is 16.0. The highest BCUT2D eigenvalue weighted by Crippen LogP contribution is 2.28. The molecule has 1 aromatic carbocycles. The fourth-order valence-electron chi connectivity index (χ4n) is 3.97. The van der Waals surface area contributed by atoms with Gasteiger partial charge >= 0.3 is 0 Å². The molecule has 0 unspecified atom stereocenters. The van der Waals surface area contributed by atoms with Crippen molar-refractivity contribution in [3.05, 3.63) is 60.4 Å². The number of aromatic nitrogens is 3. The number of pyridine rings is 1. The summed E-state index contributed by atoms with van der Waals surface area (Å²) in [5, 5.41) is 14.4. The molecule has 1 amide bonds. The molecule has 2 aliphatic heterocycles. The first kappa shape index (κ1) is 21.3. The second-order valence-corrected chi connectivity index (χ2v) is 9.84. The highest BCUT2D eigenvalue weighted by Gasteiger charge is 2.30. The van der Waals surface area contributed by atoms with Crippen molar-refractivity contribution >= 4 is 38.9 Å². The molecule has 2 aliphatic rings. The van der Waals surface area contributed by atoms with E-state index in [0.717, 1.165) is 11.3 Å². The lowest BCUT2D eigenvalue weighted by molar-refractivity contribution is -0.116. The fraction of sp³-hybridized carbons (Fsp3) is 0.273. The number of aryl methyl sites for hydroxylation is 1. The van der Waals surface area contributed by atoms with Gasteiger partial charge in [0.1, 0.15) is 0 Å². The lowest BCUT2D eigenvalue weighted by Gasteiger charge is -2.34. The quantitative estimate of drug-likeness (QED) is 0.587. The van der Waals surface area contributed by atoms with E-state index in [9.17, 15) is 13.2 Å². The maximum absolute atomic E-state index is 13.2. The second kappa shape index (κ2) is 8.75. The van der Waals surface area contributed by atoms with Crippen LogP contribution in [0.1, 0.15) is 12.0 Å². The molecule has 11 heteroatoms. The van der Waals surface area contributed by atoms with Crippen LogP contribution >= 0.6 is 0 Å². The smallest absolute Gasteiger partial charge is 0.243 e. The van der Waals surface area contributed by atoms with Crippen LogP contribution in [-0.2, 0) is 21.2 Å². The van der Waals surface area contributed by atoms with Crippen LogP contribution in [0.15, 0.2) is 59.8 Å². The summed E-state index contributed by atoms with van der Waals surface area (Å²) >= 11 is 0. The minimum Gasteiger partial charge on any atom is -0.352 e. The molecule has 2 aromatic heterocycles. The summed E-state index contributed by atoms with van der Waals surface area (Å²) in [6, 6.07) is 12.3. The van der Waals surface area contributed by atoms with Gasteiger partial charge in [0, 0.05) is 44.5 Å². The average Bonchev–Trinajstić information content (AvgIpc) is 2.85. The molecule has 1 fully saturated rings. The fourth-order valence-corrected chi connectivity index (χ4v) is 5.45. The van der Waals surface area contributed by atoms with Gasteiger partial charge in [-0.05, 0) is 54.4 Å². The van der Waals surface area contributed by atoms with Gasteiger partial charge in [-0.3, -0.25) is 9.78 Å². The van der Waals surface area contributed by atoms with E-state index in [1.165, 1.54) is 4.31 Å². The van der Waals surface area contributed by atoms with E-state index in [-0.39, 0.29) is 10.8 Å². The Kier molecular flexibility index (Phi) is 5.65. The SMILES string of the molecule is O=C1CCc2cc(S(=O)(=O)N3CCN(c4ccc(Nc5cccnc5)nn4)CC3)ccc2N1. The summed E-state index contributed by atoms with van der Waals surface area (Å²) in [5.74, 6) is 1.27. The van der Waals surface area contributed by atoms with E-state index in [0.29, 0.717) is 56.3 Å². The number of benzene rings is 1. The van der Waals surface area contributed by atoms with E-state index in [1.54, 1.807) is 30.6 Å². The summed E-state index contributed by atoms with van der Waals surface area (Å²) in [7, 11) is -3.61. The minimum atomic E-state index is -3.61. The second-order valence-electron chi connectivity index (χ2n) is 7.90. The maximum Gasteiger partial charge on any atom is 0.243 e. The molecule has 0 bridgehead atoms. The minimum absolute atomic E-state index is 0.0433. The van der Waals surface area contributed by atoms with Gasteiger partial charge in [-0.15, -0.1) is 10.2 Å². The third kappa shape index (κ3) is 4.50. The van der Waals surface area contributed by atoms with Gasteiger partial charge < -0.3 is 15.5 Å². The van der Waals surface area contributed by atoms with Crippen molar-refractivity contribution in [1.29, 1.82) is 0 Å². The van der Waals surface area contributed by atoms with Gasteiger partial charge in [0.2, 0.25) is 15.9 Å². The van der Waals surface area contributed by atoms with Crippen molar-refractivity contribution in [3.63, 3.8) is 0 Å². The van der Waals surface area contributed by atoms with Crippen molar-refractivity contribution in [1.82, 2.24) is 19.5 Å². The average molecular weight is 466 g/mol. The zero-order valence-corrected chi connectivity index (χ0v) is 18.6. The Morgan fingerprint density at radius 2 is 1.82 bits per heavy atom. The molecule has 0 saturated carbocycles. The van der Waals surface area contributed by atoms with Gasteiger partial charge in [-0.1, -0.05) is 0 Å². The molecular formula is C22H23N7O3S. The number of amides is 1. The van der Waals surface area contributed by atoms with Gasteiger partial charge in [0.25, 0.3) is 0 Å². The molecule has 0 atom stereocenters. The number of nitrogens with zero attached hydrogens (tertiary/aromatic N) is 5. The summed E-state index contributed by atoms with van der Waals surface area (Å²) < 4.78 is 27.9. The highest BCUT2D eigenvalue weighted by atomic mass is 32.2. The van der Waals surface area contributed by atoms with Gasteiger partial charge in [0.15, 0.2) is 11.6 Å². The van der Waals surface area contributed by atoms with Crippen molar-refractivity contribution in [2.24, 2.45) is 0 Å². The van der Waals surface area contributed by atoms with Gasteiger partial charge in [-0.25, -0.2) is 8.42 Å². The molecule has 170 valence electrons. The predicted octanol–water partition coefficient (Wildman–Crippen LogP) is 2.01. The number of hydrogen-bond acceptors (Lipinski definition) is 8. The van der Waals surface area contributed by atoms with E-state index in [1.807, 2.05) is 29.2 Å². The van der Waals surface area contributed by atoms with Crippen molar-refractivity contribution < 1.29 is 13.2 Å². The number of sulfonamides is 1. The molecule has 4 heterocycles. The third-order valence-electron chi connectivity index (χ3n) is 5.76. The number of carbonyl (C=O) groups is 1. The molecule has 3 aromatic rings. The number of nitrogens with one attached hydrogen (secondary N) is 2. The molecule has 2 N–H and O–H groups in total. The standard InChI is InChI=1S/C22H23N7O3S/c30-22-8-3-16-14-18(4-5-19(16)25-22)33(31,32)29-12-10-28(11-13-29)21-7-6-20(26-27-21)24-17-2-1-9-23-15-17/h1-2,4-7,9,14-15H,3,8,10-13H2,(H,24,26)(H,25,30). The van der Waals surface area contributed by atoms with Gasteiger partial charge in [0.05, 0.1) is 16.8 Å². The number of anilines is 4. The van der Waals surface area contributed by atoms with E-state index >= 15 is 0 Å². The van der Waals surface area contributed by atoms with Crippen molar-refractivity contribution in [2.45, 2.75) is 17.7 Å². The lowest BCUT2D eigenvalue weighted by Crippen LogP contribution is -2.49. The lowest BCUT2D eigenvalue weighted by atomic mass is 10.0. The molecular weight excluding hydrogens is 442 g/mol. The Morgan fingerprint density at radius 1 is 0.970 bits per heavy atom. The van der Waals surface area contributed by atoms with Crippen molar-refractivity contribution in [3.8, 4) is 0 Å². The summed E-state index contributed by atoms with van der Waals surface area (Å²) in [6.45, 7) is 1.75. The number of piperazine rings is 1. The molecule has 0 radical (unpaired) electrons. The molecule has 10 nitrogen and oxygen atoms in total. The first-order valence-electron chi connectivity index (χ1n) is 10.7. The Morgan fingerprint density at radius 3 is 2.55 bits per heavy atom. The van der Waals surface area contributed by atoms with Crippen molar-refractivity contribution in [2.75, 3.05) is 41.7 Å². The predicted molar refractivity (Wildman–Crippen MR) is 124 cm³/mol. The molecule has 0 spiro atoms. The van der Waals surface area contributed by atoms with E-state index in [4.69, 9.17) is 0 Å². The molecule has 33 heavy (non-hydrogen) atoms. The number of hydrogen-bond donors (Lipinski definition) is 2. The zero-order chi connectivity index (χ0) is 22.8. The monoisotopic (exact) mass is 465 g/mol. The summed E-state index contributed by atoms with van der Waals surface area (Å²) in [6.07, 6.45) is 4.31. The van der Waals surface area contributed by atoms with Crippen LogP contribution in [0.5, 0.6) is 0 Å². The normalized spacial score (nSPS) is 16.7. The third-order valence-corrected chi connectivity index (χ3v) is 7.65. The largest absolute Gasteiger partial charge is 0.352 e. The Bertz CT molecular complexity index is 1260. The van der Waals surface area contributed by atoms with Crippen LogP contribution in [0.3, 0.4) is 0 Å². The first-order valence-corrected chi connectivity index (χ1v) is 12.1. The van der Waals surface area contributed by atoms with E-state index < -0.39 is 10.0 Å². The topological polar surface area (TPSA) is 120 Å². The zero-order valence-electron chi connectivity index (χ0n) is 17.8. The summed E-state index contributed by atoms with van der Waals surface area (Å²) in [4.78, 5) is 17.9. The maximum atomic E-state index is 13.2. The molecule has 1 saturated heterocycles. The van der Waals surface area contributed by atoms with E-state index in [2.05, 4.69) is 25.8 Å². The number of fused-ring (bicyclic) bond motifs is 1. The van der Waals surface area contributed by atoms with Crippen LogP contribution in [0, 0.1) is 0 Å². The van der Waals surface area contributed by atoms with Gasteiger partial charge in [-0.2, -0.15) is 4.31 Å². The highest BCUT2D eigenvalue weighted by molar-refractivity contribution is 7.89. The number of carbonyl (C=O) groups excluding carboxylic acids is 1. The Balaban J connectivity index is 1.23. The van der Waals surface area contributed by atoms with Crippen LogP contribution < -0.4 is 15.5 Å². The van der Waals surface area contributed by atoms with Crippen LogP contribution in [0.2, 0.25) is 0 Å². The summed E-state index contributed by atoms with van der Waals surface area (Å²) in [5.41, 5.74) is 2.36. The molecule has 5 rings (SSSR count). The van der Waals surface area contributed by atoms with Crippen LogP contribution in [0.4, 0.5) is 23.0 Å². The Hall–Kier alpha value is -3.57. The van der Waals surface area contributed by atoms with Crippen LogP contribution in [0.25, 0.3) is 0 Å². The molecule has 0 aliphatic carbocycles. The Labute approximate surface area is 191 Å². The number of rotatable bonds is 5.